The molecule has 0 aromatic carbocycles. The van der Waals surface area contributed by atoms with Crippen molar-refractivity contribution in [3.05, 3.63) is 11.4 Å². The summed E-state index contributed by atoms with van der Waals surface area (Å²) < 4.78 is 30.7. The van der Waals surface area contributed by atoms with Gasteiger partial charge in [0.1, 0.15) is 11.4 Å². The fraction of sp³-hybridized carbons (Fsp3) is 0.714. The Morgan fingerprint density at radius 3 is 2.79 bits per heavy atom. The van der Waals surface area contributed by atoms with Crippen LogP contribution < -0.4 is 0 Å². The van der Waals surface area contributed by atoms with E-state index < -0.39 is 13.0 Å². The monoisotopic (exact) mass is 207 g/mol. The molecule has 80 valence electrons. The van der Waals surface area contributed by atoms with E-state index in [0.717, 1.165) is 4.68 Å². The number of aliphatic hydroxyl groups excluding tert-OH is 1. The number of aromatic nitrogens is 3. The maximum absolute atomic E-state index is 12.5. The van der Waals surface area contributed by atoms with Crippen molar-refractivity contribution in [1.29, 1.82) is 0 Å². The van der Waals surface area contributed by atoms with Gasteiger partial charge in [-0.3, -0.25) is 0 Å². The fourth-order valence-electron chi connectivity index (χ4n) is 1.05. The zero-order valence-electron chi connectivity index (χ0n) is 7.65. The number of ether oxygens (including phenoxy) is 1. The average Bonchev–Trinajstić information content (AvgIpc) is 2.57. The van der Waals surface area contributed by atoms with Crippen LogP contribution in [0.1, 0.15) is 17.8 Å². The van der Waals surface area contributed by atoms with E-state index in [9.17, 15) is 8.78 Å². The predicted molar refractivity (Wildman–Crippen MR) is 42.8 cm³/mol. The van der Waals surface area contributed by atoms with Gasteiger partial charge in [-0.2, -0.15) is 0 Å². The smallest absolute Gasteiger partial charge is 0.282 e. The highest BCUT2D eigenvalue weighted by molar-refractivity contribution is 5.10. The van der Waals surface area contributed by atoms with Crippen molar-refractivity contribution in [3.63, 3.8) is 0 Å². The first-order valence-electron chi connectivity index (χ1n) is 4.01. The van der Waals surface area contributed by atoms with Gasteiger partial charge in [-0.1, -0.05) is 5.21 Å². The van der Waals surface area contributed by atoms with Crippen molar-refractivity contribution in [2.45, 2.75) is 19.6 Å². The van der Waals surface area contributed by atoms with Gasteiger partial charge in [0.05, 0.1) is 19.8 Å². The second-order valence-corrected chi connectivity index (χ2v) is 2.60. The summed E-state index contributed by atoms with van der Waals surface area (Å²) in [6.07, 6.45) is -2.69. The van der Waals surface area contributed by atoms with E-state index >= 15 is 0 Å². The van der Waals surface area contributed by atoms with Crippen LogP contribution in [0.15, 0.2) is 0 Å². The van der Waals surface area contributed by atoms with Crippen molar-refractivity contribution < 1.29 is 18.6 Å². The quantitative estimate of drug-likeness (QED) is 0.757. The lowest BCUT2D eigenvalue weighted by atomic mass is 10.3. The average molecular weight is 207 g/mol. The SMILES string of the molecule is COCCn1nnc(CO)c1C(F)F. The highest BCUT2D eigenvalue weighted by atomic mass is 19.3. The van der Waals surface area contributed by atoms with Crippen molar-refractivity contribution in [3.8, 4) is 0 Å². The number of halogens is 2. The lowest BCUT2D eigenvalue weighted by molar-refractivity contribution is 0.127. The number of methoxy groups -OCH3 is 1. The Hall–Kier alpha value is -1.08. The first kappa shape index (κ1) is 11.0. The van der Waals surface area contributed by atoms with E-state index in [-0.39, 0.29) is 24.5 Å². The van der Waals surface area contributed by atoms with Crippen LogP contribution in [-0.4, -0.2) is 33.8 Å². The van der Waals surface area contributed by atoms with E-state index in [1.165, 1.54) is 7.11 Å². The standard InChI is InChI=1S/C7H11F2N3O2/c1-14-3-2-12-6(7(8)9)5(4-13)10-11-12/h7,13H,2-4H2,1H3. The van der Waals surface area contributed by atoms with Crippen LogP contribution >= 0.6 is 0 Å². The third-order valence-corrected chi connectivity index (χ3v) is 1.71. The molecular formula is C7H11F2N3O2. The summed E-state index contributed by atoms with van der Waals surface area (Å²) in [5.74, 6) is 0. The van der Waals surface area contributed by atoms with Crippen molar-refractivity contribution in [2.24, 2.45) is 0 Å². The summed E-state index contributed by atoms with van der Waals surface area (Å²) in [6.45, 7) is -0.0657. The number of hydrogen-bond acceptors (Lipinski definition) is 4. The van der Waals surface area contributed by atoms with E-state index in [1.807, 2.05) is 0 Å². The molecule has 1 rings (SSSR count). The minimum atomic E-state index is -2.69. The molecule has 1 heterocycles. The molecule has 0 spiro atoms. The third kappa shape index (κ3) is 2.24. The zero-order valence-corrected chi connectivity index (χ0v) is 7.65. The molecule has 1 N–H and O–H groups in total. The van der Waals surface area contributed by atoms with Gasteiger partial charge in [0.25, 0.3) is 6.43 Å². The van der Waals surface area contributed by atoms with Crippen molar-refractivity contribution >= 4 is 0 Å². The Morgan fingerprint density at radius 1 is 1.57 bits per heavy atom. The first-order chi connectivity index (χ1) is 6.70. The zero-order chi connectivity index (χ0) is 10.6. The Morgan fingerprint density at radius 2 is 2.29 bits per heavy atom. The molecule has 0 aliphatic carbocycles. The Balaban J connectivity index is 2.87. The van der Waals surface area contributed by atoms with Gasteiger partial charge < -0.3 is 9.84 Å². The van der Waals surface area contributed by atoms with Gasteiger partial charge in [0.15, 0.2) is 0 Å². The second-order valence-electron chi connectivity index (χ2n) is 2.60. The fourth-order valence-corrected chi connectivity index (χ4v) is 1.05. The normalized spacial score (nSPS) is 11.2. The topological polar surface area (TPSA) is 60.2 Å². The maximum atomic E-state index is 12.5. The lowest BCUT2D eigenvalue weighted by Gasteiger charge is -2.05. The molecule has 0 saturated heterocycles. The summed E-state index contributed by atoms with van der Waals surface area (Å²) in [7, 11) is 1.46. The van der Waals surface area contributed by atoms with Crippen LogP contribution in [0, 0.1) is 0 Å². The van der Waals surface area contributed by atoms with Crippen LogP contribution in [0.4, 0.5) is 8.78 Å². The van der Waals surface area contributed by atoms with E-state index in [0.29, 0.717) is 0 Å². The number of nitrogens with zero attached hydrogens (tertiary/aromatic N) is 3. The van der Waals surface area contributed by atoms with Crippen LogP contribution in [0.5, 0.6) is 0 Å². The van der Waals surface area contributed by atoms with Crippen molar-refractivity contribution in [1.82, 2.24) is 15.0 Å². The molecule has 1 aromatic heterocycles. The minimum Gasteiger partial charge on any atom is -0.390 e. The summed E-state index contributed by atoms with van der Waals surface area (Å²) >= 11 is 0. The van der Waals surface area contributed by atoms with Crippen molar-refractivity contribution in [2.75, 3.05) is 13.7 Å². The molecule has 0 saturated carbocycles. The summed E-state index contributed by atoms with van der Waals surface area (Å²) in [4.78, 5) is 0. The molecule has 0 aliphatic heterocycles. The van der Waals surface area contributed by atoms with E-state index in [1.54, 1.807) is 0 Å². The highest BCUT2D eigenvalue weighted by Crippen LogP contribution is 2.21. The molecule has 0 unspecified atom stereocenters. The van der Waals surface area contributed by atoms with Gasteiger partial charge in [-0.05, 0) is 0 Å². The molecule has 0 aliphatic rings. The molecule has 0 fully saturated rings. The molecule has 0 amide bonds. The van der Waals surface area contributed by atoms with Crippen LogP contribution in [0.3, 0.4) is 0 Å². The summed E-state index contributed by atoms with van der Waals surface area (Å²) in [5, 5.41) is 15.7. The molecule has 7 heteroatoms. The largest absolute Gasteiger partial charge is 0.390 e. The summed E-state index contributed by atoms with van der Waals surface area (Å²) in [5.41, 5.74) is -0.430. The van der Waals surface area contributed by atoms with Gasteiger partial charge in [0, 0.05) is 7.11 Å². The predicted octanol–water partition coefficient (Wildman–Crippen LogP) is 0.354. The minimum absolute atomic E-state index is 0.0869. The number of aliphatic hydroxyl groups is 1. The highest BCUT2D eigenvalue weighted by Gasteiger charge is 2.20. The van der Waals surface area contributed by atoms with Gasteiger partial charge in [-0.15, -0.1) is 5.10 Å². The maximum Gasteiger partial charge on any atom is 0.282 e. The Kier molecular flexibility index (Phi) is 3.90. The number of rotatable bonds is 5. The van der Waals surface area contributed by atoms with Crippen LogP contribution in [0.25, 0.3) is 0 Å². The van der Waals surface area contributed by atoms with Gasteiger partial charge in [-0.25, -0.2) is 13.5 Å². The second kappa shape index (κ2) is 4.97. The number of hydrogen-bond donors (Lipinski definition) is 1. The lowest BCUT2D eigenvalue weighted by Crippen LogP contribution is -2.10. The third-order valence-electron chi connectivity index (χ3n) is 1.71. The van der Waals surface area contributed by atoms with Crippen LogP contribution in [0.2, 0.25) is 0 Å². The Labute approximate surface area is 79.3 Å². The van der Waals surface area contributed by atoms with E-state index in [4.69, 9.17) is 9.84 Å². The van der Waals surface area contributed by atoms with Gasteiger partial charge >= 0.3 is 0 Å². The Bertz CT molecular complexity index is 290. The van der Waals surface area contributed by atoms with E-state index in [2.05, 4.69) is 10.3 Å². The molecule has 1 aromatic rings. The first-order valence-corrected chi connectivity index (χ1v) is 4.01. The molecule has 0 bridgehead atoms. The summed E-state index contributed by atoms with van der Waals surface area (Å²) in [6, 6.07) is 0. The number of alkyl halides is 2. The molecule has 5 nitrogen and oxygen atoms in total. The van der Waals surface area contributed by atoms with Crippen LogP contribution in [-0.2, 0) is 17.9 Å². The molecular weight excluding hydrogens is 196 g/mol. The molecule has 0 radical (unpaired) electrons. The van der Waals surface area contributed by atoms with Gasteiger partial charge in [0.2, 0.25) is 0 Å². The molecule has 14 heavy (non-hydrogen) atoms. The molecule has 0 atom stereocenters.